The Bertz CT molecular complexity index is 517. The zero-order valence-corrected chi connectivity index (χ0v) is 9.33. The van der Waals surface area contributed by atoms with Crippen molar-refractivity contribution < 1.29 is 14.4 Å². The zero-order chi connectivity index (χ0) is 12.3. The van der Waals surface area contributed by atoms with Gasteiger partial charge in [0.2, 0.25) is 11.7 Å². The molecule has 17 heavy (non-hydrogen) atoms. The van der Waals surface area contributed by atoms with E-state index in [2.05, 4.69) is 15.2 Å². The highest BCUT2D eigenvalue weighted by atomic mass is 16.5. The van der Waals surface area contributed by atoms with Gasteiger partial charge in [-0.1, -0.05) is 5.16 Å². The molecule has 0 amide bonds. The van der Waals surface area contributed by atoms with E-state index in [1.807, 2.05) is 0 Å². The second-order valence-electron chi connectivity index (χ2n) is 3.66. The summed E-state index contributed by atoms with van der Waals surface area (Å²) in [4.78, 5) is 14.5. The first-order valence-corrected chi connectivity index (χ1v) is 5.18. The van der Waals surface area contributed by atoms with Gasteiger partial charge in [0, 0.05) is 26.1 Å². The quantitative estimate of drug-likeness (QED) is 0.828. The van der Waals surface area contributed by atoms with Crippen molar-refractivity contribution in [2.75, 3.05) is 0 Å². The van der Waals surface area contributed by atoms with E-state index < -0.39 is 5.97 Å². The van der Waals surface area contributed by atoms with Gasteiger partial charge in [0.25, 0.3) is 0 Å². The van der Waals surface area contributed by atoms with Gasteiger partial charge in [-0.2, -0.15) is 10.1 Å². The molecule has 2 aromatic rings. The number of carboxylic acid groups (broad SMARTS) is 1. The number of aromatic nitrogens is 4. The summed E-state index contributed by atoms with van der Waals surface area (Å²) in [6.45, 7) is 0. The Morgan fingerprint density at radius 1 is 1.59 bits per heavy atom. The SMILES string of the molecule is Cn1cc(-c2noc(CCCC(=O)O)n2)cn1. The number of hydrogen-bond donors (Lipinski definition) is 1. The summed E-state index contributed by atoms with van der Waals surface area (Å²) in [6.07, 6.45) is 4.49. The molecule has 1 N–H and O–H groups in total. The molecular formula is C10H12N4O3. The molecule has 90 valence electrons. The van der Waals surface area contributed by atoms with Gasteiger partial charge in [0.15, 0.2) is 0 Å². The van der Waals surface area contributed by atoms with E-state index in [9.17, 15) is 4.79 Å². The van der Waals surface area contributed by atoms with Crippen LogP contribution in [0.1, 0.15) is 18.7 Å². The van der Waals surface area contributed by atoms with Crippen LogP contribution in [0.4, 0.5) is 0 Å². The third-order valence-corrected chi connectivity index (χ3v) is 2.21. The Morgan fingerprint density at radius 3 is 3.06 bits per heavy atom. The first-order valence-electron chi connectivity index (χ1n) is 5.18. The maximum Gasteiger partial charge on any atom is 0.303 e. The molecule has 7 nitrogen and oxygen atoms in total. The highest BCUT2D eigenvalue weighted by Gasteiger charge is 2.10. The number of aliphatic carboxylic acids is 1. The fourth-order valence-electron chi connectivity index (χ4n) is 1.40. The van der Waals surface area contributed by atoms with E-state index in [1.165, 1.54) is 0 Å². The lowest BCUT2D eigenvalue weighted by atomic mass is 10.2. The fraction of sp³-hybridized carbons (Fsp3) is 0.400. The van der Waals surface area contributed by atoms with Gasteiger partial charge < -0.3 is 9.63 Å². The Labute approximate surface area is 97.1 Å². The first kappa shape index (κ1) is 11.3. The minimum atomic E-state index is -0.822. The number of carbonyl (C=O) groups is 1. The van der Waals surface area contributed by atoms with E-state index >= 15 is 0 Å². The summed E-state index contributed by atoms with van der Waals surface area (Å²) in [5.41, 5.74) is 0.778. The number of carboxylic acids is 1. The minimum Gasteiger partial charge on any atom is -0.481 e. The number of hydrogen-bond acceptors (Lipinski definition) is 5. The molecule has 0 aromatic carbocycles. The van der Waals surface area contributed by atoms with E-state index in [1.54, 1.807) is 24.1 Å². The maximum absolute atomic E-state index is 10.3. The molecule has 0 saturated carbocycles. The fourth-order valence-corrected chi connectivity index (χ4v) is 1.40. The highest BCUT2D eigenvalue weighted by Crippen LogP contribution is 2.14. The van der Waals surface area contributed by atoms with Crippen LogP contribution in [0.15, 0.2) is 16.9 Å². The van der Waals surface area contributed by atoms with Gasteiger partial charge >= 0.3 is 5.97 Å². The molecule has 0 bridgehead atoms. The van der Waals surface area contributed by atoms with Gasteiger partial charge in [-0.25, -0.2) is 0 Å². The lowest BCUT2D eigenvalue weighted by Crippen LogP contribution is -1.95. The molecular weight excluding hydrogens is 224 g/mol. The second kappa shape index (κ2) is 4.77. The van der Waals surface area contributed by atoms with Crippen molar-refractivity contribution in [2.24, 2.45) is 7.05 Å². The van der Waals surface area contributed by atoms with Gasteiger partial charge in [-0.3, -0.25) is 9.48 Å². The van der Waals surface area contributed by atoms with Gasteiger partial charge in [0.05, 0.1) is 11.8 Å². The molecule has 7 heteroatoms. The predicted molar refractivity (Wildman–Crippen MR) is 57.1 cm³/mol. The van der Waals surface area contributed by atoms with Gasteiger partial charge in [0.1, 0.15) is 0 Å². The second-order valence-corrected chi connectivity index (χ2v) is 3.66. The van der Waals surface area contributed by atoms with E-state index in [0.717, 1.165) is 5.56 Å². The third kappa shape index (κ3) is 2.90. The number of aryl methyl sites for hydroxylation is 2. The predicted octanol–water partition coefficient (Wildman–Crippen LogP) is 0.877. The average Bonchev–Trinajstić information content (AvgIpc) is 2.86. The van der Waals surface area contributed by atoms with Crippen molar-refractivity contribution in [1.29, 1.82) is 0 Å². The molecule has 2 heterocycles. The van der Waals surface area contributed by atoms with Crippen molar-refractivity contribution in [1.82, 2.24) is 19.9 Å². The van der Waals surface area contributed by atoms with Crippen molar-refractivity contribution >= 4 is 5.97 Å². The van der Waals surface area contributed by atoms with Crippen LogP contribution in [-0.2, 0) is 18.3 Å². The summed E-state index contributed by atoms with van der Waals surface area (Å²) >= 11 is 0. The maximum atomic E-state index is 10.3. The lowest BCUT2D eigenvalue weighted by molar-refractivity contribution is -0.137. The molecule has 0 atom stereocenters. The molecule has 2 aromatic heterocycles. The molecule has 0 aliphatic rings. The summed E-state index contributed by atoms with van der Waals surface area (Å²) in [5.74, 6) is 0.102. The molecule has 2 rings (SSSR count). The molecule has 0 unspecified atom stereocenters. The molecule has 0 radical (unpaired) electrons. The Morgan fingerprint density at radius 2 is 2.41 bits per heavy atom. The summed E-state index contributed by atoms with van der Waals surface area (Å²) in [6, 6.07) is 0. The van der Waals surface area contributed by atoms with Crippen LogP contribution in [0.5, 0.6) is 0 Å². The molecule has 0 saturated heterocycles. The van der Waals surface area contributed by atoms with Crippen LogP contribution in [0, 0.1) is 0 Å². The van der Waals surface area contributed by atoms with E-state index in [0.29, 0.717) is 24.6 Å². The number of rotatable bonds is 5. The standard InChI is InChI=1S/C10H12N4O3/c1-14-6-7(5-11-14)10-12-8(17-13-10)3-2-4-9(15)16/h5-6H,2-4H2,1H3,(H,15,16). The Balaban J connectivity index is 1.98. The van der Waals surface area contributed by atoms with Crippen LogP contribution >= 0.6 is 0 Å². The van der Waals surface area contributed by atoms with Crippen LogP contribution in [0.2, 0.25) is 0 Å². The molecule has 0 aliphatic carbocycles. The average molecular weight is 236 g/mol. The van der Waals surface area contributed by atoms with Crippen molar-refractivity contribution in [3.63, 3.8) is 0 Å². The Kier molecular flexibility index (Phi) is 3.17. The highest BCUT2D eigenvalue weighted by molar-refractivity contribution is 5.66. The van der Waals surface area contributed by atoms with Gasteiger partial charge in [-0.05, 0) is 6.42 Å². The van der Waals surface area contributed by atoms with E-state index in [-0.39, 0.29) is 6.42 Å². The molecule has 0 aliphatic heterocycles. The first-order chi connectivity index (χ1) is 8.15. The zero-order valence-electron chi connectivity index (χ0n) is 9.33. The summed E-state index contributed by atoms with van der Waals surface area (Å²) < 4.78 is 6.67. The van der Waals surface area contributed by atoms with Gasteiger partial charge in [-0.15, -0.1) is 0 Å². The Hall–Kier alpha value is -2.18. The third-order valence-electron chi connectivity index (χ3n) is 2.21. The monoisotopic (exact) mass is 236 g/mol. The minimum absolute atomic E-state index is 0.102. The summed E-state index contributed by atoms with van der Waals surface area (Å²) in [7, 11) is 1.80. The van der Waals surface area contributed by atoms with Crippen molar-refractivity contribution in [2.45, 2.75) is 19.3 Å². The van der Waals surface area contributed by atoms with Crippen LogP contribution < -0.4 is 0 Å². The van der Waals surface area contributed by atoms with E-state index in [4.69, 9.17) is 9.63 Å². The molecule has 0 fully saturated rings. The van der Waals surface area contributed by atoms with Crippen molar-refractivity contribution in [3.05, 3.63) is 18.3 Å². The van der Waals surface area contributed by atoms with Crippen LogP contribution in [0.3, 0.4) is 0 Å². The normalized spacial score (nSPS) is 10.6. The molecule has 0 spiro atoms. The summed E-state index contributed by atoms with van der Waals surface area (Å²) in [5, 5.41) is 16.3. The largest absolute Gasteiger partial charge is 0.481 e. The smallest absolute Gasteiger partial charge is 0.303 e. The van der Waals surface area contributed by atoms with Crippen LogP contribution in [0.25, 0.3) is 11.4 Å². The van der Waals surface area contributed by atoms with Crippen molar-refractivity contribution in [3.8, 4) is 11.4 Å². The number of nitrogens with zero attached hydrogens (tertiary/aromatic N) is 4. The van der Waals surface area contributed by atoms with Crippen LogP contribution in [-0.4, -0.2) is 31.0 Å². The topological polar surface area (TPSA) is 94.0 Å². The lowest BCUT2D eigenvalue weighted by Gasteiger charge is -1.90.